The predicted molar refractivity (Wildman–Crippen MR) is 45.3 cm³/mol. The maximum Gasteiger partial charge on any atom is 0.305 e. The highest BCUT2D eigenvalue weighted by Crippen LogP contribution is 2.40. The van der Waals surface area contributed by atoms with Crippen molar-refractivity contribution in [2.45, 2.75) is 12.0 Å². The van der Waals surface area contributed by atoms with E-state index in [0.29, 0.717) is 0 Å². The van der Waals surface area contributed by atoms with Gasteiger partial charge in [-0.05, 0) is 17.7 Å². The molecular formula is C10H6F4O. The first kappa shape index (κ1) is 10.2. The number of aliphatic hydroxyl groups is 1. The van der Waals surface area contributed by atoms with E-state index in [2.05, 4.69) is 0 Å². The Morgan fingerprint density at radius 3 is 2.53 bits per heavy atom. The Balaban J connectivity index is 2.73. The lowest BCUT2D eigenvalue weighted by atomic mass is 9.91. The van der Waals surface area contributed by atoms with Gasteiger partial charge in [0.2, 0.25) is 0 Å². The second-order valence-electron chi connectivity index (χ2n) is 3.25. The van der Waals surface area contributed by atoms with Crippen molar-refractivity contribution in [1.82, 2.24) is 0 Å². The number of alkyl halides is 2. The molecule has 1 aliphatic rings. The SMILES string of the molecule is OC1C=Cc2ccc(F)c(F)c2C1(F)F. The van der Waals surface area contributed by atoms with Crippen LogP contribution in [-0.2, 0) is 5.92 Å². The summed E-state index contributed by atoms with van der Waals surface area (Å²) >= 11 is 0. The summed E-state index contributed by atoms with van der Waals surface area (Å²) in [5.74, 6) is -6.76. The van der Waals surface area contributed by atoms with Gasteiger partial charge in [0.1, 0.15) is 6.10 Å². The van der Waals surface area contributed by atoms with E-state index in [0.717, 1.165) is 24.3 Å². The third-order valence-corrected chi connectivity index (χ3v) is 2.29. The molecule has 2 rings (SSSR count). The molecule has 1 nitrogen and oxygen atoms in total. The van der Waals surface area contributed by atoms with Gasteiger partial charge < -0.3 is 5.11 Å². The number of hydrogen-bond acceptors (Lipinski definition) is 1. The molecule has 80 valence electrons. The topological polar surface area (TPSA) is 20.2 Å². The van der Waals surface area contributed by atoms with Crippen LogP contribution in [0.2, 0.25) is 0 Å². The lowest BCUT2D eigenvalue weighted by molar-refractivity contribution is -0.0966. The van der Waals surface area contributed by atoms with Gasteiger partial charge in [0, 0.05) is 0 Å². The molecule has 0 saturated heterocycles. The van der Waals surface area contributed by atoms with Crippen molar-refractivity contribution in [3.63, 3.8) is 0 Å². The molecule has 1 aromatic carbocycles. The summed E-state index contributed by atoms with van der Waals surface area (Å²) < 4.78 is 52.6. The minimum absolute atomic E-state index is 0.121. The third-order valence-electron chi connectivity index (χ3n) is 2.29. The van der Waals surface area contributed by atoms with E-state index >= 15 is 0 Å². The number of halogens is 4. The van der Waals surface area contributed by atoms with Crippen LogP contribution in [0.25, 0.3) is 6.08 Å². The summed E-state index contributed by atoms with van der Waals surface area (Å²) in [6.07, 6.45) is -0.138. The molecule has 0 aliphatic heterocycles. The molecule has 0 aromatic heterocycles. The van der Waals surface area contributed by atoms with Gasteiger partial charge in [-0.1, -0.05) is 12.1 Å². The van der Waals surface area contributed by atoms with Gasteiger partial charge in [0.15, 0.2) is 11.6 Å². The fourth-order valence-electron chi connectivity index (χ4n) is 1.51. The molecule has 0 saturated carbocycles. The molecule has 0 amide bonds. The van der Waals surface area contributed by atoms with E-state index in [4.69, 9.17) is 5.11 Å². The van der Waals surface area contributed by atoms with Gasteiger partial charge in [-0.2, -0.15) is 8.78 Å². The molecule has 0 radical (unpaired) electrons. The molecule has 5 heteroatoms. The first-order valence-electron chi connectivity index (χ1n) is 4.17. The molecule has 15 heavy (non-hydrogen) atoms. The van der Waals surface area contributed by atoms with Crippen molar-refractivity contribution in [1.29, 1.82) is 0 Å². The van der Waals surface area contributed by atoms with Gasteiger partial charge in [-0.25, -0.2) is 8.78 Å². The van der Waals surface area contributed by atoms with E-state index in [1.165, 1.54) is 0 Å². The maximum atomic E-state index is 13.3. The van der Waals surface area contributed by atoms with Gasteiger partial charge >= 0.3 is 5.92 Å². The Morgan fingerprint density at radius 2 is 1.87 bits per heavy atom. The van der Waals surface area contributed by atoms with Crippen LogP contribution in [-0.4, -0.2) is 11.2 Å². The van der Waals surface area contributed by atoms with Crippen LogP contribution >= 0.6 is 0 Å². The van der Waals surface area contributed by atoms with E-state index in [-0.39, 0.29) is 5.56 Å². The fraction of sp³-hybridized carbons (Fsp3) is 0.200. The minimum Gasteiger partial charge on any atom is -0.382 e. The lowest BCUT2D eigenvalue weighted by Gasteiger charge is -2.26. The maximum absolute atomic E-state index is 13.3. The third kappa shape index (κ3) is 1.34. The summed E-state index contributed by atoms with van der Waals surface area (Å²) in [6.45, 7) is 0. The van der Waals surface area contributed by atoms with Crippen molar-refractivity contribution in [2.75, 3.05) is 0 Å². The first-order chi connectivity index (χ1) is 6.94. The summed E-state index contributed by atoms with van der Waals surface area (Å²) in [4.78, 5) is 0. The predicted octanol–water partition coefficient (Wildman–Crippen LogP) is 2.44. The van der Waals surface area contributed by atoms with Gasteiger partial charge in [-0.3, -0.25) is 0 Å². The molecule has 0 fully saturated rings. The monoisotopic (exact) mass is 218 g/mol. The Labute approximate surface area is 82.7 Å². The van der Waals surface area contributed by atoms with Crippen LogP contribution in [0.15, 0.2) is 18.2 Å². The standard InChI is InChI=1S/C10H6F4O/c11-6-3-1-5-2-4-7(15)10(13,14)8(5)9(6)12/h1-4,7,15H. The first-order valence-corrected chi connectivity index (χ1v) is 4.17. The number of aliphatic hydroxyl groups excluding tert-OH is 1. The Hall–Kier alpha value is -1.36. The van der Waals surface area contributed by atoms with Crippen molar-refractivity contribution in [3.05, 3.63) is 41.0 Å². The highest BCUT2D eigenvalue weighted by Gasteiger charge is 2.45. The second kappa shape index (κ2) is 3.06. The highest BCUT2D eigenvalue weighted by atomic mass is 19.3. The molecule has 0 bridgehead atoms. The van der Waals surface area contributed by atoms with Gasteiger partial charge in [-0.15, -0.1) is 0 Å². The van der Waals surface area contributed by atoms with Crippen molar-refractivity contribution in [2.24, 2.45) is 0 Å². The lowest BCUT2D eigenvalue weighted by Crippen LogP contribution is -2.33. The Morgan fingerprint density at radius 1 is 1.20 bits per heavy atom. The molecule has 1 aliphatic carbocycles. The zero-order valence-corrected chi connectivity index (χ0v) is 7.35. The smallest absolute Gasteiger partial charge is 0.305 e. The van der Waals surface area contributed by atoms with Crippen LogP contribution in [0.1, 0.15) is 11.1 Å². The van der Waals surface area contributed by atoms with Crippen LogP contribution in [0.5, 0.6) is 0 Å². The largest absolute Gasteiger partial charge is 0.382 e. The molecule has 1 aromatic rings. The molecule has 1 atom stereocenters. The normalized spacial score (nSPS) is 22.6. The van der Waals surface area contributed by atoms with Crippen LogP contribution < -0.4 is 0 Å². The zero-order chi connectivity index (χ0) is 11.2. The summed E-state index contributed by atoms with van der Waals surface area (Å²) in [5, 5.41) is 8.97. The van der Waals surface area contributed by atoms with Crippen molar-refractivity contribution in [3.8, 4) is 0 Å². The van der Waals surface area contributed by atoms with Crippen molar-refractivity contribution < 1.29 is 22.7 Å². The summed E-state index contributed by atoms with van der Waals surface area (Å²) in [6, 6.07) is 1.82. The minimum atomic E-state index is -3.80. The molecule has 0 heterocycles. The number of fused-ring (bicyclic) bond motifs is 1. The van der Waals surface area contributed by atoms with E-state index in [1.54, 1.807) is 0 Å². The van der Waals surface area contributed by atoms with Gasteiger partial charge in [0.25, 0.3) is 0 Å². The van der Waals surface area contributed by atoms with Crippen molar-refractivity contribution >= 4 is 6.08 Å². The summed E-state index contributed by atoms with van der Waals surface area (Å²) in [7, 11) is 0. The van der Waals surface area contributed by atoms with Crippen LogP contribution in [0.4, 0.5) is 17.6 Å². The molecule has 1 unspecified atom stereocenters. The molecule has 0 spiro atoms. The Bertz CT molecular complexity index is 439. The molecule has 1 N–H and O–H groups in total. The number of rotatable bonds is 0. The Kier molecular flexibility index (Phi) is 2.08. The average molecular weight is 218 g/mol. The van der Waals surface area contributed by atoms with Gasteiger partial charge in [0.05, 0.1) is 5.56 Å². The van der Waals surface area contributed by atoms with E-state index in [1.807, 2.05) is 0 Å². The quantitative estimate of drug-likeness (QED) is 0.663. The number of benzene rings is 1. The highest BCUT2D eigenvalue weighted by molar-refractivity contribution is 5.59. The fourth-order valence-corrected chi connectivity index (χ4v) is 1.51. The average Bonchev–Trinajstić information content (AvgIpc) is 2.17. The van der Waals surface area contributed by atoms with E-state index < -0.39 is 29.2 Å². The van der Waals surface area contributed by atoms with E-state index in [9.17, 15) is 17.6 Å². The zero-order valence-electron chi connectivity index (χ0n) is 7.35. The number of hydrogen-bond donors (Lipinski definition) is 1. The summed E-state index contributed by atoms with van der Waals surface area (Å²) in [5.41, 5.74) is -1.21. The van der Waals surface area contributed by atoms with Crippen LogP contribution in [0.3, 0.4) is 0 Å². The van der Waals surface area contributed by atoms with Crippen LogP contribution in [0, 0.1) is 11.6 Å². The molecular weight excluding hydrogens is 212 g/mol. The second-order valence-corrected chi connectivity index (χ2v) is 3.25.